The maximum atomic E-state index is 11.9. The van der Waals surface area contributed by atoms with Gasteiger partial charge in [0.1, 0.15) is 0 Å². The van der Waals surface area contributed by atoms with E-state index >= 15 is 0 Å². The number of nitrogens with one attached hydrogen (secondary N) is 1. The number of rotatable bonds is 7. The average Bonchev–Trinajstić information content (AvgIpc) is 2.93. The molecule has 1 amide bonds. The van der Waals surface area contributed by atoms with Gasteiger partial charge < -0.3 is 9.47 Å². The van der Waals surface area contributed by atoms with Gasteiger partial charge in [0.2, 0.25) is 5.13 Å². The highest BCUT2D eigenvalue weighted by atomic mass is 32.2. The van der Waals surface area contributed by atoms with Crippen LogP contribution in [0.2, 0.25) is 0 Å². The van der Waals surface area contributed by atoms with Crippen LogP contribution in [0.5, 0.6) is 11.5 Å². The fourth-order valence-corrected chi connectivity index (χ4v) is 3.30. The second-order valence-electron chi connectivity index (χ2n) is 4.30. The van der Waals surface area contributed by atoms with Gasteiger partial charge in [-0.1, -0.05) is 36.1 Å². The van der Waals surface area contributed by atoms with Crippen LogP contribution < -0.4 is 14.8 Å². The van der Waals surface area contributed by atoms with E-state index in [-0.39, 0.29) is 12.5 Å². The fraction of sp³-hybridized carbons (Fsp3) is 0.357. The summed E-state index contributed by atoms with van der Waals surface area (Å²) in [6.45, 7) is 3.88. The number of amides is 1. The van der Waals surface area contributed by atoms with E-state index in [1.165, 1.54) is 11.3 Å². The number of hydrogen-bond acceptors (Lipinski definition) is 7. The van der Waals surface area contributed by atoms with Crippen molar-refractivity contribution in [3.05, 3.63) is 23.8 Å². The van der Waals surface area contributed by atoms with E-state index in [9.17, 15) is 4.79 Å². The first-order valence-electron chi connectivity index (χ1n) is 6.66. The van der Waals surface area contributed by atoms with Crippen molar-refractivity contribution in [3.8, 4) is 11.5 Å². The molecule has 0 aliphatic heterocycles. The van der Waals surface area contributed by atoms with Crippen LogP contribution in [0, 0.1) is 6.92 Å². The minimum atomic E-state index is -0.285. The Bertz CT molecular complexity index is 646. The lowest BCUT2D eigenvalue weighted by atomic mass is 10.2. The summed E-state index contributed by atoms with van der Waals surface area (Å²) in [5.74, 6) is 1.76. The standard InChI is InChI=1S/C14H17N3O3S2/c1-4-21-14-17-16-13(22-14)15-12(18)8-20-10-6-5-9(2)7-11(10)19-3/h5-7H,4,8H2,1-3H3,(H,15,16,18). The van der Waals surface area contributed by atoms with Gasteiger partial charge in [0.25, 0.3) is 5.91 Å². The number of benzene rings is 1. The van der Waals surface area contributed by atoms with Crippen molar-refractivity contribution in [2.45, 2.75) is 18.2 Å². The summed E-state index contributed by atoms with van der Waals surface area (Å²) < 4.78 is 11.5. The van der Waals surface area contributed by atoms with Gasteiger partial charge in [-0.3, -0.25) is 10.1 Å². The molecule has 0 aliphatic rings. The van der Waals surface area contributed by atoms with E-state index in [0.717, 1.165) is 15.7 Å². The van der Waals surface area contributed by atoms with Crippen molar-refractivity contribution < 1.29 is 14.3 Å². The van der Waals surface area contributed by atoms with Crippen LogP contribution in [-0.4, -0.2) is 35.6 Å². The van der Waals surface area contributed by atoms with Crippen molar-refractivity contribution >= 4 is 34.1 Å². The summed E-state index contributed by atoms with van der Waals surface area (Å²) in [6.07, 6.45) is 0. The molecular weight excluding hydrogens is 322 g/mol. The zero-order valence-corrected chi connectivity index (χ0v) is 14.2. The van der Waals surface area contributed by atoms with Crippen molar-refractivity contribution in [1.29, 1.82) is 0 Å². The Morgan fingerprint density at radius 2 is 2.18 bits per heavy atom. The Morgan fingerprint density at radius 3 is 2.91 bits per heavy atom. The molecule has 1 heterocycles. The van der Waals surface area contributed by atoms with E-state index in [4.69, 9.17) is 9.47 Å². The maximum absolute atomic E-state index is 11.9. The quantitative estimate of drug-likeness (QED) is 0.617. The predicted octanol–water partition coefficient (Wildman–Crippen LogP) is 2.98. The molecule has 0 spiro atoms. The monoisotopic (exact) mass is 339 g/mol. The molecule has 8 heteroatoms. The zero-order chi connectivity index (χ0) is 15.9. The van der Waals surface area contributed by atoms with E-state index in [1.807, 2.05) is 26.0 Å². The summed E-state index contributed by atoms with van der Waals surface area (Å²) in [5, 5.41) is 11.0. The molecule has 1 aromatic heterocycles. The number of hydrogen-bond donors (Lipinski definition) is 1. The number of thioether (sulfide) groups is 1. The first kappa shape index (κ1) is 16.6. The van der Waals surface area contributed by atoms with Crippen LogP contribution in [0.4, 0.5) is 5.13 Å². The first-order chi connectivity index (χ1) is 10.6. The van der Waals surface area contributed by atoms with Gasteiger partial charge in [-0.15, -0.1) is 10.2 Å². The lowest BCUT2D eigenvalue weighted by molar-refractivity contribution is -0.118. The Kier molecular flexibility index (Phi) is 6.02. The minimum absolute atomic E-state index is 0.116. The molecule has 0 bridgehead atoms. The summed E-state index contributed by atoms with van der Waals surface area (Å²) in [5.41, 5.74) is 1.06. The fourth-order valence-electron chi connectivity index (χ4n) is 1.63. The van der Waals surface area contributed by atoms with Crippen LogP contribution in [0.1, 0.15) is 12.5 Å². The SMILES string of the molecule is CCSc1nnc(NC(=O)COc2ccc(C)cc2OC)s1. The van der Waals surface area contributed by atoms with Crippen LogP contribution in [0.25, 0.3) is 0 Å². The Hall–Kier alpha value is -1.80. The summed E-state index contributed by atoms with van der Waals surface area (Å²) in [7, 11) is 1.57. The van der Waals surface area contributed by atoms with Gasteiger partial charge in [0, 0.05) is 0 Å². The van der Waals surface area contributed by atoms with E-state index in [2.05, 4.69) is 15.5 Å². The van der Waals surface area contributed by atoms with Crippen LogP contribution in [0.15, 0.2) is 22.5 Å². The van der Waals surface area contributed by atoms with E-state index in [0.29, 0.717) is 16.6 Å². The number of carbonyl (C=O) groups excluding carboxylic acids is 1. The van der Waals surface area contributed by atoms with E-state index < -0.39 is 0 Å². The number of aromatic nitrogens is 2. The number of anilines is 1. The number of ether oxygens (including phenoxy) is 2. The molecule has 0 fully saturated rings. The Balaban J connectivity index is 1.89. The van der Waals surface area contributed by atoms with Crippen molar-refractivity contribution in [3.63, 3.8) is 0 Å². The maximum Gasteiger partial charge on any atom is 0.264 e. The smallest absolute Gasteiger partial charge is 0.264 e. The normalized spacial score (nSPS) is 10.3. The highest BCUT2D eigenvalue weighted by Gasteiger charge is 2.11. The van der Waals surface area contributed by atoms with Gasteiger partial charge >= 0.3 is 0 Å². The molecule has 22 heavy (non-hydrogen) atoms. The van der Waals surface area contributed by atoms with E-state index in [1.54, 1.807) is 24.9 Å². The third-order valence-corrected chi connectivity index (χ3v) is 4.45. The second kappa shape index (κ2) is 8.00. The number of carbonyl (C=O) groups is 1. The molecule has 2 rings (SSSR count). The molecule has 0 unspecified atom stereocenters. The van der Waals surface area contributed by atoms with Crippen LogP contribution in [-0.2, 0) is 4.79 Å². The number of methoxy groups -OCH3 is 1. The van der Waals surface area contributed by atoms with Gasteiger partial charge in [-0.05, 0) is 30.4 Å². The summed E-state index contributed by atoms with van der Waals surface area (Å²) in [6, 6.07) is 5.53. The highest BCUT2D eigenvalue weighted by molar-refractivity contribution is 8.01. The molecule has 0 saturated heterocycles. The Morgan fingerprint density at radius 1 is 1.36 bits per heavy atom. The van der Waals surface area contributed by atoms with Crippen molar-refractivity contribution in [2.24, 2.45) is 0 Å². The number of nitrogens with zero attached hydrogens (tertiary/aromatic N) is 2. The van der Waals surface area contributed by atoms with Crippen molar-refractivity contribution in [2.75, 3.05) is 24.8 Å². The largest absolute Gasteiger partial charge is 0.493 e. The minimum Gasteiger partial charge on any atom is -0.493 e. The molecule has 0 radical (unpaired) electrons. The zero-order valence-electron chi connectivity index (χ0n) is 12.6. The summed E-state index contributed by atoms with van der Waals surface area (Å²) >= 11 is 2.93. The molecule has 0 saturated carbocycles. The molecule has 0 aliphatic carbocycles. The second-order valence-corrected chi connectivity index (χ2v) is 6.79. The third kappa shape index (κ3) is 4.60. The third-order valence-electron chi connectivity index (χ3n) is 2.60. The first-order valence-corrected chi connectivity index (χ1v) is 8.46. The van der Waals surface area contributed by atoms with Gasteiger partial charge in [-0.25, -0.2) is 0 Å². The van der Waals surface area contributed by atoms with Gasteiger partial charge in [0.15, 0.2) is 22.4 Å². The van der Waals surface area contributed by atoms with Crippen LogP contribution >= 0.6 is 23.1 Å². The molecule has 1 N–H and O–H groups in total. The topological polar surface area (TPSA) is 73.3 Å². The Labute approximate surface area is 137 Å². The molecule has 0 atom stereocenters. The van der Waals surface area contributed by atoms with Crippen molar-refractivity contribution in [1.82, 2.24) is 10.2 Å². The average molecular weight is 339 g/mol. The molecule has 1 aromatic carbocycles. The molecule has 118 valence electrons. The lowest BCUT2D eigenvalue weighted by Crippen LogP contribution is -2.20. The molecule has 6 nitrogen and oxygen atoms in total. The lowest BCUT2D eigenvalue weighted by Gasteiger charge is -2.10. The predicted molar refractivity (Wildman–Crippen MR) is 88.2 cm³/mol. The van der Waals surface area contributed by atoms with Gasteiger partial charge in [-0.2, -0.15) is 0 Å². The molecular formula is C14H17N3O3S2. The molecule has 2 aromatic rings. The number of aryl methyl sites for hydroxylation is 1. The summed E-state index contributed by atoms with van der Waals surface area (Å²) in [4.78, 5) is 11.9. The van der Waals surface area contributed by atoms with Gasteiger partial charge in [0.05, 0.1) is 7.11 Å². The van der Waals surface area contributed by atoms with Crippen LogP contribution in [0.3, 0.4) is 0 Å². The highest BCUT2D eigenvalue weighted by Crippen LogP contribution is 2.28.